The summed E-state index contributed by atoms with van der Waals surface area (Å²) in [6, 6.07) is -4.06. The van der Waals surface area contributed by atoms with Crippen molar-refractivity contribution in [3.05, 3.63) is 12.7 Å². The van der Waals surface area contributed by atoms with Crippen LogP contribution in [0.4, 0.5) is 4.79 Å². The zero-order valence-electron chi connectivity index (χ0n) is 27.3. The number of Topliss-reactive ketones (excluding diaryl/α,β-unsaturated/α-hetero) is 2. The maximum absolute atomic E-state index is 14.2. The van der Waals surface area contributed by atoms with Crippen LogP contribution in [0.5, 0.6) is 0 Å². The maximum Gasteiger partial charge on any atom is 0.316 e. The summed E-state index contributed by atoms with van der Waals surface area (Å²) in [6.45, 7) is 17.5. The molecule has 5 amide bonds. The molecule has 0 radical (unpaired) electrons. The molecule has 0 bridgehead atoms. The van der Waals surface area contributed by atoms with Crippen LogP contribution in [0.2, 0.25) is 0 Å². The summed E-state index contributed by atoms with van der Waals surface area (Å²) in [4.78, 5) is 81.3. The number of urea groups is 1. The van der Waals surface area contributed by atoms with Crippen LogP contribution in [-0.4, -0.2) is 77.5 Å². The van der Waals surface area contributed by atoms with Crippen molar-refractivity contribution in [2.75, 3.05) is 13.1 Å². The number of rotatable bonds is 14. The molecule has 44 heavy (non-hydrogen) atoms. The summed E-state index contributed by atoms with van der Waals surface area (Å²) < 4.78 is 0. The quantitative estimate of drug-likeness (QED) is 0.174. The highest BCUT2D eigenvalue weighted by molar-refractivity contribution is 6.38. The Morgan fingerprint density at radius 1 is 0.977 bits per heavy atom. The number of amides is 5. The fourth-order valence-electron chi connectivity index (χ4n) is 6.72. The minimum Gasteiger partial charge on any atom is -0.346 e. The van der Waals surface area contributed by atoms with E-state index in [1.807, 2.05) is 34.6 Å². The largest absolute Gasteiger partial charge is 0.346 e. The van der Waals surface area contributed by atoms with Gasteiger partial charge in [0.15, 0.2) is 5.78 Å². The molecule has 1 aliphatic heterocycles. The van der Waals surface area contributed by atoms with Crippen LogP contribution in [0.25, 0.3) is 0 Å². The first kappa shape index (κ1) is 33.6. The van der Waals surface area contributed by atoms with Gasteiger partial charge in [-0.25, -0.2) is 4.79 Å². The molecule has 1 heterocycles. The van der Waals surface area contributed by atoms with E-state index in [4.69, 9.17) is 0 Å². The fourth-order valence-corrected chi connectivity index (χ4v) is 6.72. The van der Waals surface area contributed by atoms with E-state index in [2.05, 4.69) is 41.7 Å². The molecule has 1 saturated heterocycles. The van der Waals surface area contributed by atoms with E-state index in [0.717, 1.165) is 25.7 Å². The average Bonchev–Trinajstić information content (AvgIpc) is 3.88. The highest BCUT2D eigenvalue weighted by atomic mass is 16.2. The molecular weight excluding hydrogens is 562 g/mol. The van der Waals surface area contributed by atoms with Crippen molar-refractivity contribution >= 4 is 35.3 Å². The number of hydrogen-bond acceptors (Lipinski definition) is 6. The number of nitrogens with one attached hydrogen (secondary N) is 4. The van der Waals surface area contributed by atoms with Gasteiger partial charge in [0.25, 0.3) is 5.91 Å². The van der Waals surface area contributed by atoms with Crippen molar-refractivity contribution in [3.63, 3.8) is 0 Å². The van der Waals surface area contributed by atoms with Crippen molar-refractivity contribution in [1.29, 1.82) is 0 Å². The first-order valence-corrected chi connectivity index (χ1v) is 16.1. The second kappa shape index (κ2) is 12.6. The molecule has 11 nitrogen and oxygen atoms in total. The Balaban J connectivity index is 1.51. The van der Waals surface area contributed by atoms with Crippen molar-refractivity contribution < 1.29 is 28.8 Å². The number of ketones is 2. The minimum atomic E-state index is -0.989. The number of nitrogens with zero attached hydrogens (tertiary/aromatic N) is 1. The van der Waals surface area contributed by atoms with E-state index in [-0.39, 0.29) is 53.2 Å². The maximum atomic E-state index is 14.2. The molecule has 0 aromatic carbocycles. The van der Waals surface area contributed by atoms with E-state index in [1.165, 1.54) is 11.0 Å². The minimum absolute atomic E-state index is 0.0147. The lowest BCUT2D eigenvalue weighted by Crippen LogP contribution is -2.62. The molecule has 1 unspecified atom stereocenters. The topological polar surface area (TPSA) is 154 Å². The van der Waals surface area contributed by atoms with Crippen LogP contribution >= 0.6 is 0 Å². The Morgan fingerprint density at radius 2 is 1.61 bits per heavy atom. The monoisotopic (exact) mass is 613 g/mol. The molecule has 3 saturated carbocycles. The summed E-state index contributed by atoms with van der Waals surface area (Å²) in [6.07, 6.45) is 5.38. The van der Waals surface area contributed by atoms with Gasteiger partial charge in [-0.05, 0) is 53.8 Å². The van der Waals surface area contributed by atoms with Gasteiger partial charge < -0.3 is 26.2 Å². The van der Waals surface area contributed by atoms with Gasteiger partial charge in [-0.3, -0.25) is 24.0 Å². The van der Waals surface area contributed by atoms with Crippen LogP contribution in [0.15, 0.2) is 12.7 Å². The molecule has 4 rings (SSSR count). The molecule has 4 aliphatic rings. The highest BCUT2D eigenvalue weighted by Gasteiger charge is 2.70. The number of fused-ring (bicyclic) bond motifs is 1. The highest BCUT2D eigenvalue weighted by Crippen LogP contribution is 2.65. The number of likely N-dealkylation sites (tertiary alicyclic amines) is 1. The zero-order chi connectivity index (χ0) is 32.7. The summed E-state index contributed by atoms with van der Waals surface area (Å²) in [5, 5.41) is 11.0. The fraction of sp³-hybridized carbons (Fsp3) is 0.758. The zero-order valence-corrected chi connectivity index (χ0v) is 27.3. The molecular formula is C33H51N5O6. The van der Waals surface area contributed by atoms with Crippen LogP contribution in [0.3, 0.4) is 0 Å². The van der Waals surface area contributed by atoms with E-state index in [0.29, 0.717) is 13.0 Å². The molecule has 4 fully saturated rings. The van der Waals surface area contributed by atoms with Crippen molar-refractivity contribution in [2.24, 2.45) is 40.4 Å². The van der Waals surface area contributed by atoms with E-state index < -0.39 is 53.2 Å². The smallest absolute Gasteiger partial charge is 0.316 e. The van der Waals surface area contributed by atoms with Crippen LogP contribution in [-0.2, 0) is 24.0 Å². The van der Waals surface area contributed by atoms with Gasteiger partial charge in [-0.15, -0.1) is 6.58 Å². The third-order valence-electron chi connectivity index (χ3n) is 9.92. The predicted molar refractivity (Wildman–Crippen MR) is 165 cm³/mol. The Labute approximate surface area is 261 Å². The molecule has 0 aromatic heterocycles. The van der Waals surface area contributed by atoms with Gasteiger partial charge >= 0.3 is 6.03 Å². The number of carbonyl (C=O) groups excluding carboxylic acids is 6. The molecule has 0 spiro atoms. The van der Waals surface area contributed by atoms with E-state index in [9.17, 15) is 28.8 Å². The number of piperidine rings is 1. The Bertz CT molecular complexity index is 1200. The van der Waals surface area contributed by atoms with Crippen LogP contribution in [0, 0.1) is 40.4 Å². The second-order valence-electron chi connectivity index (χ2n) is 15.3. The Morgan fingerprint density at radius 3 is 2.14 bits per heavy atom. The van der Waals surface area contributed by atoms with E-state index in [1.54, 1.807) is 0 Å². The lowest BCUT2D eigenvalue weighted by atomic mass is 9.85. The summed E-state index contributed by atoms with van der Waals surface area (Å²) in [7, 11) is 0. The third kappa shape index (κ3) is 7.34. The molecule has 0 aromatic rings. The number of carbonyl (C=O) groups is 6. The van der Waals surface area contributed by atoms with Crippen molar-refractivity contribution in [1.82, 2.24) is 26.2 Å². The second-order valence-corrected chi connectivity index (χ2v) is 15.3. The molecule has 4 N–H and O–H groups in total. The Kier molecular flexibility index (Phi) is 9.66. The van der Waals surface area contributed by atoms with E-state index >= 15 is 0 Å². The van der Waals surface area contributed by atoms with Crippen molar-refractivity contribution in [2.45, 2.75) is 105 Å². The van der Waals surface area contributed by atoms with Gasteiger partial charge in [0.05, 0.1) is 12.1 Å². The van der Waals surface area contributed by atoms with Gasteiger partial charge in [0.1, 0.15) is 12.1 Å². The van der Waals surface area contributed by atoms with Gasteiger partial charge in [-0.2, -0.15) is 0 Å². The van der Waals surface area contributed by atoms with Crippen LogP contribution < -0.4 is 21.3 Å². The SMILES string of the molecule is C=CCNC(=O)C(=O)C(CC1CC1)NC(=O)[C@@H]1[C@@H]2[C@H](CN1C(=O)[C@@H](NC(=O)N[C@H](C(=O)C1CC1)C(C)C)C(C)(C)C)C2(C)C. The van der Waals surface area contributed by atoms with Crippen molar-refractivity contribution in [3.8, 4) is 0 Å². The van der Waals surface area contributed by atoms with Gasteiger partial charge in [-0.1, -0.05) is 67.4 Å². The summed E-state index contributed by atoms with van der Waals surface area (Å²) in [5.74, 6) is -2.21. The third-order valence-corrected chi connectivity index (χ3v) is 9.92. The average molecular weight is 614 g/mol. The molecule has 11 heteroatoms. The molecule has 6 atom stereocenters. The lowest BCUT2D eigenvalue weighted by molar-refractivity contribution is -0.145. The normalized spacial score (nSPS) is 25.6. The van der Waals surface area contributed by atoms with Gasteiger partial charge in [0.2, 0.25) is 17.6 Å². The first-order chi connectivity index (χ1) is 20.5. The first-order valence-electron chi connectivity index (χ1n) is 16.1. The molecule has 244 valence electrons. The number of hydrogen-bond donors (Lipinski definition) is 4. The summed E-state index contributed by atoms with van der Waals surface area (Å²) >= 11 is 0. The summed E-state index contributed by atoms with van der Waals surface area (Å²) in [5.41, 5.74) is -0.884. The standard InChI is InChI=1S/C33H51N5O6/c1-9-14-34-29(42)26(40)21(15-18-10-11-18)35-28(41)24-22-20(33(22,7)8)16-38(24)30(43)27(32(4,5)6)37-31(44)36-23(17(2)3)25(39)19-12-13-19/h9,17-24,27H,1,10-16H2,2-8H3,(H,34,42)(H,35,41)(H2,36,37,44)/t20-,21?,22-,23-,24-,27+/m0/s1. The van der Waals surface area contributed by atoms with Gasteiger partial charge in [0, 0.05) is 19.0 Å². The molecule has 3 aliphatic carbocycles. The Hall–Kier alpha value is -3.24. The predicted octanol–water partition coefficient (Wildman–Crippen LogP) is 2.34. The van der Waals surface area contributed by atoms with Crippen LogP contribution in [0.1, 0.15) is 80.6 Å². The lowest BCUT2D eigenvalue weighted by Gasteiger charge is -2.38.